The number of rotatable bonds is 4. The minimum absolute atomic E-state index is 0.176. The van der Waals surface area contributed by atoms with Gasteiger partial charge in [-0.3, -0.25) is 4.79 Å². The number of ether oxygens (including phenoxy) is 2. The van der Waals surface area contributed by atoms with Gasteiger partial charge in [-0.05, 0) is 48.0 Å². The largest absolute Gasteiger partial charge is 0.489 e. The lowest BCUT2D eigenvalue weighted by Gasteiger charge is -2.07. The van der Waals surface area contributed by atoms with Crippen LogP contribution in [0.25, 0.3) is 6.08 Å². The molecule has 0 spiro atoms. The molecule has 0 N–H and O–H groups in total. The molecule has 0 aromatic heterocycles. The summed E-state index contributed by atoms with van der Waals surface area (Å²) in [6.07, 6.45) is 1.56. The first-order chi connectivity index (χ1) is 13.5. The van der Waals surface area contributed by atoms with E-state index in [1.54, 1.807) is 42.5 Å². The van der Waals surface area contributed by atoms with Gasteiger partial charge in [0, 0.05) is 26.1 Å². The minimum atomic E-state index is -0.217. The van der Waals surface area contributed by atoms with Crippen molar-refractivity contribution >= 4 is 51.0 Å². The molecule has 1 heterocycles. The molecule has 6 heteroatoms. The molecule has 0 saturated carbocycles. The zero-order chi connectivity index (χ0) is 19.7. The summed E-state index contributed by atoms with van der Waals surface area (Å²) in [5, 5.41) is 0.900. The highest BCUT2D eigenvalue weighted by atomic mass is 79.9. The SMILES string of the molecule is O=C1C(=Cc2c(Cl)cccc2Cl)Oc2cc(OCc3ccc(Br)cc3)ccc21. The predicted octanol–water partition coefficient (Wildman–Crippen LogP) is 6.95. The van der Waals surface area contributed by atoms with Gasteiger partial charge in [0.25, 0.3) is 0 Å². The predicted molar refractivity (Wildman–Crippen MR) is 114 cm³/mol. The minimum Gasteiger partial charge on any atom is -0.489 e. The third-order valence-corrected chi connectivity index (χ3v) is 5.42. The van der Waals surface area contributed by atoms with E-state index in [0.717, 1.165) is 10.0 Å². The summed E-state index contributed by atoms with van der Waals surface area (Å²) in [6.45, 7) is 0.415. The maximum Gasteiger partial charge on any atom is 0.231 e. The molecule has 0 unspecified atom stereocenters. The fourth-order valence-electron chi connectivity index (χ4n) is 2.78. The smallest absolute Gasteiger partial charge is 0.231 e. The molecule has 1 aliphatic heterocycles. The second kappa shape index (κ2) is 8.00. The number of allylic oxidation sites excluding steroid dienone is 1. The molecular weight excluding hydrogens is 463 g/mol. The third kappa shape index (κ3) is 3.95. The van der Waals surface area contributed by atoms with E-state index in [1.165, 1.54) is 0 Å². The zero-order valence-electron chi connectivity index (χ0n) is 14.4. The number of fused-ring (bicyclic) bond motifs is 1. The van der Waals surface area contributed by atoms with Gasteiger partial charge in [-0.2, -0.15) is 0 Å². The Morgan fingerprint density at radius 2 is 1.71 bits per heavy atom. The van der Waals surface area contributed by atoms with Crippen LogP contribution in [0.2, 0.25) is 10.0 Å². The van der Waals surface area contributed by atoms with Crippen LogP contribution in [0.1, 0.15) is 21.5 Å². The zero-order valence-corrected chi connectivity index (χ0v) is 17.5. The average Bonchev–Trinajstić information content (AvgIpc) is 2.99. The first-order valence-electron chi connectivity index (χ1n) is 8.41. The molecule has 0 saturated heterocycles. The van der Waals surface area contributed by atoms with Gasteiger partial charge < -0.3 is 9.47 Å². The maximum atomic E-state index is 12.6. The Kier molecular flexibility index (Phi) is 5.44. The summed E-state index contributed by atoms with van der Waals surface area (Å²) in [4.78, 5) is 12.6. The van der Waals surface area contributed by atoms with Gasteiger partial charge in [-0.25, -0.2) is 0 Å². The summed E-state index contributed by atoms with van der Waals surface area (Å²) in [5.74, 6) is 1.03. The molecule has 0 bridgehead atoms. The number of Topliss-reactive ketones (excluding diaryl/α,β-unsaturated/α-hetero) is 1. The number of hydrogen-bond donors (Lipinski definition) is 0. The van der Waals surface area contributed by atoms with E-state index in [9.17, 15) is 4.79 Å². The van der Waals surface area contributed by atoms with Crippen LogP contribution in [-0.2, 0) is 6.61 Å². The molecule has 3 nitrogen and oxygen atoms in total. The van der Waals surface area contributed by atoms with Crippen LogP contribution in [0.4, 0.5) is 0 Å². The van der Waals surface area contributed by atoms with Gasteiger partial charge in [0.1, 0.15) is 18.1 Å². The van der Waals surface area contributed by atoms with E-state index < -0.39 is 0 Å². The Morgan fingerprint density at radius 1 is 1.00 bits per heavy atom. The lowest BCUT2D eigenvalue weighted by Crippen LogP contribution is -1.98. The van der Waals surface area contributed by atoms with Crippen LogP contribution in [0.15, 0.2) is 70.9 Å². The Morgan fingerprint density at radius 3 is 2.43 bits per heavy atom. The van der Waals surface area contributed by atoms with Crippen molar-refractivity contribution in [3.63, 3.8) is 0 Å². The molecule has 0 radical (unpaired) electrons. The van der Waals surface area contributed by atoms with Crippen molar-refractivity contribution in [2.75, 3.05) is 0 Å². The number of hydrogen-bond acceptors (Lipinski definition) is 3. The monoisotopic (exact) mass is 474 g/mol. The van der Waals surface area contributed by atoms with Crippen molar-refractivity contribution in [3.8, 4) is 11.5 Å². The summed E-state index contributed by atoms with van der Waals surface area (Å²) in [7, 11) is 0. The molecule has 1 aliphatic rings. The average molecular weight is 476 g/mol. The first-order valence-corrected chi connectivity index (χ1v) is 9.96. The van der Waals surface area contributed by atoms with Gasteiger partial charge in [0.05, 0.1) is 5.56 Å². The van der Waals surface area contributed by atoms with Crippen molar-refractivity contribution < 1.29 is 14.3 Å². The highest BCUT2D eigenvalue weighted by Gasteiger charge is 2.28. The van der Waals surface area contributed by atoms with Crippen LogP contribution in [0.5, 0.6) is 11.5 Å². The fraction of sp³-hybridized carbons (Fsp3) is 0.0455. The van der Waals surface area contributed by atoms with Crippen LogP contribution in [0.3, 0.4) is 0 Å². The molecule has 140 valence electrons. The van der Waals surface area contributed by atoms with E-state index in [4.69, 9.17) is 32.7 Å². The van der Waals surface area contributed by atoms with E-state index in [2.05, 4.69) is 15.9 Å². The molecular formula is C22H13BrCl2O3. The van der Waals surface area contributed by atoms with Crippen molar-refractivity contribution in [2.24, 2.45) is 0 Å². The second-order valence-electron chi connectivity index (χ2n) is 6.15. The normalized spacial score (nSPS) is 14.1. The van der Waals surface area contributed by atoms with Crippen molar-refractivity contribution in [1.82, 2.24) is 0 Å². The number of carbonyl (C=O) groups excluding carboxylic acids is 1. The van der Waals surface area contributed by atoms with Crippen molar-refractivity contribution in [2.45, 2.75) is 6.61 Å². The number of ketones is 1. The van der Waals surface area contributed by atoms with Crippen molar-refractivity contribution in [3.05, 3.63) is 97.6 Å². The molecule has 3 aromatic rings. The molecule has 0 atom stereocenters. The lowest BCUT2D eigenvalue weighted by molar-refractivity contribution is 0.101. The molecule has 0 amide bonds. The standard InChI is InChI=1S/C22H13BrCl2O3/c23-14-6-4-13(5-7-14)12-27-15-8-9-16-20(10-15)28-21(22(16)26)11-17-18(24)2-1-3-19(17)25/h1-11H,12H2. The molecule has 4 rings (SSSR count). The Hall–Kier alpha value is -2.27. The summed E-state index contributed by atoms with van der Waals surface area (Å²) < 4.78 is 12.6. The lowest BCUT2D eigenvalue weighted by atomic mass is 10.1. The highest BCUT2D eigenvalue weighted by molar-refractivity contribution is 9.10. The first kappa shape index (κ1) is 19.1. The second-order valence-corrected chi connectivity index (χ2v) is 7.88. The summed E-state index contributed by atoms with van der Waals surface area (Å²) >= 11 is 15.8. The van der Waals surface area contributed by atoms with Gasteiger partial charge in [0.2, 0.25) is 5.78 Å². The maximum absolute atomic E-state index is 12.6. The van der Waals surface area contributed by atoms with Crippen LogP contribution in [0, 0.1) is 0 Å². The number of benzene rings is 3. The van der Waals surface area contributed by atoms with Gasteiger partial charge in [-0.1, -0.05) is 57.3 Å². The van der Waals surface area contributed by atoms with E-state index >= 15 is 0 Å². The quantitative estimate of drug-likeness (QED) is 0.383. The van der Waals surface area contributed by atoms with Gasteiger partial charge in [-0.15, -0.1) is 0 Å². The van der Waals surface area contributed by atoms with Crippen LogP contribution < -0.4 is 9.47 Å². The third-order valence-electron chi connectivity index (χ3n) is 4.24. The van der Waals surface area contributed by atoms with Crippen molar-refractivity contribution in [1.29, 1.82) is 0 Å². The molecule has 0 aliphatic carbocycles. The molecule has 28 heavy (non-hydrogen) atoms. The van der Waals surface area contributed by atoms with E-state index in [-0.39, 0.29) is 11.5 Å². The number of halogens is 3. The molecule has 3 aromatic carbocycles. The Bertz CT molecular complexity index is 1070. The number of carbonyl (C=O) groups is 1. The Balaban J connectivity index is 1.54. The Labute approximate surface area is 180 Å². The summed E-state index contributed by atoms with van der Waals surface area (Å²) in [5.41, 5.74) is 2.06. The fourth-order valence-corrected chi connectivity index (χ4v) is 3.55. The molecule has 0 fully saturated rings. The van der Waals surface area contributed by atoms with E-state index in [1.807, 2.05) is 24.3 Å². The van der Waals surface area contributed by atoms with Gasteiger partial charge in [0.15, 0.2) is 5.76 Å². The van der Waals surface area contributed by atoms with E-state index in [0.29, 0.717) is 39.3 Å². The van der Waals surface area contributed by atoms with Gasteiger partial charge >= 0.3 is 0 Å². The highest BCUT2D eigenvalue weighted by Crippen LogP contribution is 2.36. The summed E-state index contributed by atoms with van der Waals surface area (Å²) in [6, 6.07) is 18.2. The van der Waals surface area contributed by atoms with Crippen LogP contribution in [-0.4, -0.2) is 5.78 Å². The topological polar surface area (TPSA) is 35.5 Å². The van der Waals surface area contributed by atoms with Crippen LogP contribution >= 0.6 is 39.1 Å².